The van der Waals surface area contributed by atoms with Crippen molar-refractivity contribution in [3.63, 3.8) is 0 Å². The predicted molar refractivity (Wildman–Crippen MR) is 101 cm³/mol. The van der Waals surface area contributed by atoms with Gasteiger partial charge in [-0.1, -0.05) is 23.4 Å². The normalized spacial score (nSPS) is 13.1. The Labute approximate surface area is 157 Å². The molecule has 3 aromatic rings. The highest BCUT2D eigenvalue weighted by atomic mass is 16.5. The molecule has 0 saturated carbocycles. The van der Waals surface area contributed by atoms with Crippen molar-refractivity contribution in [2.75, 3.05) is 7.11 Å². The molecule has 1 heterocycles. The molecule has 0 atom stereocenters. The van der Waals surface area contributed by atoms with Gasteiger partial charge < -0.3 is 14.0 Å². The van der Waals surface area contributed by atoms with E-state index in [2.05, 4.69) is 5.16 Å². The Hall–Kier alpha value is -3.08. The van der Waals surface area contributed by atoms with Crippen LogP contribution in [0.2, 0.25) is 0 Å². The van der Waals surface area contributed by atoms with Crippen molar-refractivity contribution in [2.24, 2.45) is 0 Å². The third-order valence-corrected chi connectivity index (χ3v) is 4.87. The molecule has 2 aromatic carbocycles. The Morgan fingerprint density at radius 1 is 1.07 bits per heavy atom. The van der Waals surface area contributed by atoms with E-state index in [0.29, 0.717) is 22.8 Å². The third-order valence-electron chi connectivity index (χ3n) is 4.87. The number of nitrogens with zero attached hydrogens (tertiary/aromatic N) is 1. The summed E-state index contributed by atoms with van der Waals surface area (Å²) in [4.78, 5) is 12.4. The van der Waals surface area contributed by atoms with Gasteiger partial charge >= 0.3 is 5.97 Å². The van der Waals surface area contributed by atoms with Gasteiger partial charge in [-0.2, -0.15) is 0 Å². The number of carbonyl (C=O) groups is 1. The number of rotatable bonds is 5. The number of ether oxygens (including phenoxy) is 2. The molecule has 5 nitrogen and oxygen atoms in total. The largest absolute Gasteiger partial charge is 0.496 e. The molecule has 27 heavy (non-hydrogen) atoms. The average Bonchev–Trinajstić information content (AvgIpc) is 3.20. The summed E-state index contributed by atoms with van der Waals surface area (Å²) in [6.45, 7) is 0.0397. The van der Waals surface area contributed by atoms with Gasteiger partial charge in [-0.15, -0.1) is 0 Å². The van der Waals surface area contributed by atoms with Crippen molar-refractivity contribution in [2.45, 2.75) is 32.3 Å². The fourth-order valence-electron chi connectivity index (χ4n) is 3.44. The van der Waals surface area contributed by atoms with Crippen LogP contribution < -0.4 is 4.74 Å². The molecule has 0 unspecified atom stereocenters. The number of methoxy groups -OCH3 is 1. The number of esters is 1. The molecule has 0 saturated heterocycles. The van der Waals surface area contributed by atoms with E-state index >= 15 is 0 Å². The van der Waals surface area contributed by atoms with Gasteiger partial charge in [0.25, 0.3) is 0 Å². The maximum Gasteiger partial charge on any atom is 0.338 e. The number of hydrogen-bond donors (Lipinski definition) is 0. The lowest BCUT2D eigenvalue weighted by Crippen LogP contribution is -2.08. The van der Waals surface area contributed by atoms with Crippen LogP contribution in [0.5, 0.6) is 5.75 Å². The molecule has 5 heteroatoms. The number of aromatic nitrogens is 1. The molecule has 138 valence electrons. The standard InChI is InChI=1S/C22H21NO4/c1-25-21-9-5-4-8-19(21)20-13-18(27-23-20)14-26-22(24)17-11-10-15-6-2-3-7-16(15)12-17/h4-5,8-13H,2-3,6-7,14H2,1H3. The Morgan fingerprint density at radius 2 is 1.89 bits per heavy atom. The Balaban J connectivity index is 1.43. The number of benzene rings is 2. The summed E-state index contributed by atoms with van der Waals surface area (Å²) in [6, 6.07) is 15.2. The number of para-hydroxylation sites is 1. The molecule has 0 N–H and O–H groups in total. The van der Waals surface area contributed by atoms with Crippen molar-refractivity contribution in [1.29, 1.82) is 0 Å². The first-order valence-electron chi connectivity index (χ1n) is 9.12. The van der Waals surface area contributed by atoms with Gasteiger partial charge in [0.05, 0.1) is 12.7 Å². The van der Waals surface area contributed by atoms with E-state index in [1.54, 1.807) is 13.2 Å². The minimum Gasteiger partial charge on any atom is -0.496 e. The maximum atomic E-state index is 12.4. The summed E-state index contributed by atoms with van der Waals surface area (Å²) in [5, 5.41) is 4.06. The Morgan fingerprint density at radius 3 is 2.74 bits per heavy atom. The average molecular weight is 363 g/mol. The molecule has 0 amide bonds. The van der Waals surface area contributed by atoms with E-state index in [0.717, 1.165) is 18.4 Å². The lowest BCUT2D eigenvalue weighted by molar-refractivity contribution is 0.0437. The van der Waals surface area contributed by atoms with Crippen LogP contribution in [0, 0.1) is 0 Å². The van der Waals surface area contributed by atoms with Crippen molar-refractivity contribution in [3.05, 3.63) is 71.0 Å². The number of aryl methyl sites for hydroxylation is 2. The molecular weight excluding hydrogens is 342 g/mol. The summed E-state index contributed by atoms with van der Waals surface area (Å²) in [5.74, 6) is 0.851. The smallest absolute Gasteiger partial charge is 0.338 e. The minimum absolute atomic E-state index is 0.0397. The minimum atomic E-state index is -0.349. The van der Waals surface area contributed by atoms with Crippen molar-refractivity contribution in [1.82, 2.24) is 5.16 Å². The molecule has 4 rings (SSSR count). The molecular formula is C22H21NO4. The van der Waals surface area contributed by atoms with Gasteiger partial charge in [-0.3, -0.25) is 0 Å². The van der Waals surface area contributed by atoms with E-state index < -0.39 is 0 Å². The van der Waals surface area contributed by atoms with Crippen LogP contribution in [0.3, 0.4) is 0 Å². The zero-order valence-electron chi connectivity index (χ0n) is 15.2. The van der Waals surface area contributed by atoms with Crippen molar-refractivity contribution < 1.29 is 18.8 Å². The number of carbonyl (C=O) groups excluding carboxylic acids is 1. The van der Waals surface area contributed by atoms with Crippen molar-refractivity contribution in [3.8, 4) is 17.0 Å². The van der Waals surface area contributed by atoms with E-state index in [-0.39, 0.29) is 12.6 Å². The second-order valence-electron chi connectivity index (χ2n) is 6.65. The van der Waals surface area contributed by atoms with Gasteiger partial charge in [-0.25, -0.2) is 4.79 Å². The second-order valence-corrected chi connectivity index (χ2v) is 6.65. The van der Waals surface area contributed by atoms with Gasteiger partial charge in [0.15, 0.2) is 12.4 Å². The monoisotopic (exact) mass is 363 g/mol. The summed E-state index contributed by atoms with van der Waals surface area (Å²) < 4.78 is 16.1. The topological polar surface area (TPSA) is 61.6 Å². The molecule has 1 aliphatic carbocycles. The Kier molecular flexibility index (Phi) is 4.92. The summed E-state index contributed by atoms with van der Waals surface area (Å²) in [7, 11) is 1.61. The quantitative estimate of drug-likeness (QED) is 0.621. The fourth-order valence-corrected chi connectivity index (χ4v) is 3.44. The lowest BCUT2D eigenvalue weighted by Gasteiger charge is -2.16. The molecule has 0 bridgehead atoms. The first-order valence-corrected chi connectivity index (χ1v) is 9.12. The van der Waals surface area contributed by atoms with Crippen LogP contribution in [0.4, 0.5) is 0 Å². The van der Waals surface area contributed by atoms with Crippen LogP contribution in [0.15, 0.2) is 53.1 Å². The van der Waals surface area contributed by atoms with E-state index in [9.17, 15) is 4.79 Å². The molecule has 0 spiro atoms. The fraction of sp³-hybridized carbons (Fsp3) is 0.273. The Bertz CT molecular complexity index is 960. The zero-order valence-corrected chi connectivity index (χ0v) is 15.2. The summed E-state index contributed by atoms with van der Waals surface area (Å²) in [5.41, 5.74) is 4.66. The lowest BCUT2D eigenvalue weighted by atomic mass is 9.90. The van der Waals surface area contributed by atoms with E-state index in [4.69, 9.17) is 14.0 Å². The number of hydrogen-bond acceptors (Lipinski definition) is 5. The van der Waals surface area contributed by atoms with Crippen LogP contribution in [-0.4, -0.2) is 18.2 Å². The number of fused-ring (bicyclic) bond motifs is 1. The van der Waals surface area contributed by atoms with Crippen LogP contribution in [0.1, 0.15) is 40.1 Å². The highest BCUT2D eigenvalue weighted by Gasteiger charge is 2.16. The first kappa shape index (κ1) is 17.3. The van der Waals surface area contributed by atoms with Crippen LogP contribution in [-0.2, 0) is 24.2 Å². The molecule has 0 fully saturated rings. The molecule has 1 aliphatic rings. The van der Waals surface area contributed by atoms with Gasteiger partial charge in [-0.05, 0) is 61.1 Å². The van der Waals surface area contributed by atoms with Crippen LogP contribution >= 0.6 is 0 Å². The van der Waals surface area contributed by atoms with E-state index in [1.807, 2.05) is 42.5 Å². The first-order chi connectivity index (χ1) is 13.2. The van der Waals surface area contributed by atoms with Gasteiger partial charge in [0.2, 0.25) is 0 Å². The van der Waals surface area contributed by atoms with Gasteiger partial charge in [0.1, 0.15) is 11.4 Å². The maximum absolute atomic E-state index is 12.4. The third kappa shape index (κ3) is 3.72. The van der Waals surface area contributed by atoms with Crippen molar-refractivity contribution >= 4 is 5.97 Å². The molecule has 0 aliphatic heterocycles. The summed E-state index contributed by atoms with van der Waals surface area (Å²) >= 11 is 0. The van der Waals surface area contributed by atoms with Gasteiger partial charge in [0, 0.05) is 11.6 Å². The highest BCUT2D eigenvalue weighted by Crippen LogP contribution is 2.29. The molecule has 0 radical (unpaired) electrons. The van der Waals surface area contributed by atoms with E-state index in [1.165, 1.54) is 24.0 Å². The summed E-state index contributed by atoms with van der Waals surface area (Å²) in [6.07, 6.45) is 4.52. The SMILES string of the molecule is COc1ccccc1-c1cc(COC(=O)c2ccc3c(c2)CCCC3)on1. The zero-order chi connectivity index (χ0) is 18.6. The molecule has 1 aromatic heterocycles. The second kappa shape index (κ2) is 7.66. The van der Waals surface area contributed by atoms with Crippen LogP contribution in [0.25, 0.3) is 11.3 Å². The highest BCUT2D eigenvalue weighted by molar-refractivity contribution is 5.89. The predicted octanol–water partition coefficient (Wildman–Crippen LogP) is 4.59.